The van der Waals surface area contributed by atoms with Crippen LogP contribution in [0.15, 0.2) is 160 Å². The Morgan fingerprint density at radius 3 is 1.77 bits per heavy atom. The van der Waals surface area contributed by atoms with Gasteiger partial charge in [0.05, 0.1) is 0 Å². The summed E-state index contributed by atoms with van der Waals surface area (Å²) < 4.78 is 13.0. The quantitative estimate of drug-likeness (QED) is 0.197. The second-order valence-electron chi connectivity index (χ2n) is 12.0. The lowest BCUT2D eigenvalue weighted by molar-refractivity contribution is 0.669. The number of rotatable bonds is 4. The van der Waals surface area contributed by atoms with E-state index in [0.29, 0.717) is 17.5 Å². The molecule has 0 atom stereocenters. The minimum absolute atomic E-state index is 0.569. The summed E-state index contributed by atoms with van der Waals surface area (Å²) in [4.78, 5) is 15.3. The number of hydrogen-bond acceptors (Lipinski definition) is 5. The summed E-state index contributed by atoms with van der Waals surface area (Å²) in [6.45, 7) is 0. The molecule has 3 aromatic heterocycles. The first-order valence-corrected chi connectivity index (χ1v) is 15.9. The number of benzene rings is 7. The molecule has 0 N–H and O–H groups in total. The molecule has 10 aromatic rings. The van der Waals surface area contributed by atoms with Crippen LogP contribution in [0, 0.1) is 0 Å². The molecule has 0 aliphatic rings. The van der Waals surface area contributed by atoms with Crippen LogP contribution in [0.3, 0.4) is 0 Å². The van der Waals surface area contributed by atoms with Crippen LogP contribution in [0.4, 0.5) is 0 Å². The smallest absolute Gasteiger partial charge is 0.164 e. The van der Waals surface area contributed by atoms with Crippen LogP contribution < -0.4 is 0 Å². The molecule has 3 heterocycles. The van der Waals surface area contributed by atoms with E-state index in [1.165, 1.54) is 0 Å². The van der Waals surface area contributed by atoms with E-state index in [4.69, 9.17) is 23.8 Å². The van der Waals surface area contributed by atoms with Crippen molar-refractivity contribution >= 4 is 54.6 Å². The average molecular weight is 616 g/mol. The van der Waals surface area contributed by atoms with E-state index in [-0.39, 0.29) is 0 Å². The zero-order valence-corrected chi connectivity index (χ0v) is 25.6. The molecule has 0 saturated carbocycles. The third kappa shape index (κ3) is 4.22. The first-order valence-electron chi connectivity index (χ1n) is 15.9. The van der Waals surface area contributed by atoms with Crippen LogP contribution in [0.25, 0.3) is 99.9 Å². The van der Waals surface area contributed by atoms with Gasteiger partial charge in [-0.3, -0.25) is 0 Å². The molecule has 0 radical (unpaired) electrons. The van der Waals surface area contributed by atoms with Crippen molar-refractivity contribution in [1.82, 2.24) is 15.0 Å². The van der Waals surface area contributed by atoms with E-state index in [2.05, 4.69) is 91.0 Å². The van der Waals surface area contributed by atoms with E-state index >= 15 is 0 Å². The van der Waals surface area contributed by atoms with Gasteiger partial charge in [0.25, 0.3) is 0 Å². The van der Waals surface area contributed by atoms with Crippen LogP contribution in [-0.4, -0.2) is 15.0 Å². The van der Waals surface area contributed by atoms with Gasteiger partial charge in [-0.15, -0.1) is 0 Å². The fourth-order valence-electron chi connectivity index (χ4n) is 6.80. The second kappa shape index (κ2) is 10.5. The first kappa shape index (κ1) is 26.6. The molecule has 0 spiro atoms. The average Bonchev–Trinajstić information content (AvgIpc) is 3.72. The second-order valence-corrected chi connectivity index (χ2v) is 12.0. The Bertz CT molecular complexity index is 2840. The zero-order valence-electron chi connectivity index (χ0n) is 25.6. The fourth-order valence-corrected chi connectivity index (χ4v) is 6.80. The topological polar surface area (TPSA) is 65.0 Å². The molecule has 0 unspecified atom stereocenters. The Labute approximate surface area is 274 Å². The molecule has 5 nitrogen and oxygen atoms in total. The predicted molar refractivity (Wildman–Crippen MR) is 194 cm³/mol. The number of hydrogen-bond donors (Lipinski definition) is 0. The summed E-state index contributed by atoms with van der Waals surface area (Å²) in [7, 11) is 0. The van der Waals surface area contributed by atoms with Crippen molar-refractivity contribution in [2.75, 3.05) is 0 Å². The molecule has 0 bridgehead atoms. The summed E-state index contributed by atoms with van der Waals surface area (Å²) in [5.41, 5.74) is 8.00. The van der Waals surface area contributed by atoms with Gasteiger partial charge in [0.15, 0.2) is 17.5 Å². The van der Waals surface area contributed by atoms with Crippen molar-refractivity contribution in [2.45, 2.75) is 0 Å². The van der Waals surface area contributed by atoms with Crippen molar-refractivity contribution in [3.8, 4) is 45.3 Å². The Balaban J connectivity index is 1.26. The molecule has 224 valence electrons. The number of furan rings is 2. The van der Waals surface area contributed by atoms with Gasteiger partial charge in [0.1, 0.15) is 22.3 Å². The Morgan fingerprint density at radius 2 is 0.958 bits per heavy atom. The molecule has 0 fully saturated rings. The van der Waals surface area contributed by atoms with E-state index in [0.717, 1.165) is 82.5 Å². The summed E-state index contributed by atoms with van der Waals surface area (Å²) in [6.07, 6.45) is 0. The van der Waals surface area contributed by atoms with Crippen molar-refractivity contribution in [3.63, 3.8) is 0 Å². The van der Waals surface area contributed by atoms with Gasteiger partial charge in [-0.1, -0.05) is 109 Å². The van der Waals surface area contributed by atoms with E-state index in [1.54, 1.807) is 0 Å². The van der Waals surface area contributed by atoms with Crippen molar-refractivity contribution in [3.05, 3.63) is 152 Å². The van der Waals surface area contributed by atoms with Gasteiger partial charge >= 0.3 is 0 Å². The molecule has 5 heteroatoms. The SMILES string of the molecule is c1ccc(-c2nc(-c3ccc4c(c3)oc3ccccc34)nc(-c3ccc(-c4ccccc4)c4oc5cc6ccccc6cc5c34)n2)cc1. The lowest BCUT2D eigenvalue weighted by Gasteiger charge is -2.11. The fraction of sp³-hybridized carbons (Fsp3) is 0. The molecule has 0 aliphatic carbocycles. The first-order chi connectivity index (χ1) is 23.8. The largest absolute Gasteiger partial charge is 0.456 e. The molecule has 0 aliphatic heterocycles. The van der Waals surface area contributed by atoms with E-state index in [9.17, 15) is 0 Å². The van der Waals surface area contributed by atoms with Crippen LogP contribution >= 0.6 is 0 Å². The summed E-state index contributed by atoms with van der Waals surface area (Å²) in [5, 5.41) is 6.40. The third-order valence-electron chi connectivity index (χ3n) is 9.12. The highest BCUT2D eigenvalue weighted by molar-refractivity contribution is 6.18. The van der Waals surface area contributed by atoms with Gasteiger partial charge in [-0.25, -0.2) is 15.0 Å². The van der Waals surface area contributed by atoms with Crippen LogP contribution in [-0.2, 0) is 0 Å². The molecule has 0 amide bonds. The van der Waals surface area contributed by atoms with Gasteiger partial charge in [0, 0.05) is 43.8 Å². The summed E-state index contributed by atoms with van der Waals surface area (Å²) in [5.74, 6) is 1.74. The molecular formula is C43H25N3O2. The van der Waals surface area contributed by atoms with Crippen LogP contribution in [0.5, 0.6) is 0 Å². The molecule has 7 aromatic carbocycles. The molecule has 10 rings (SSSR count). The summed E-state index contributed by atoms with van der Waals surface area (Å²) >= 11 is 0. The monoisotopic (exact) mass is 615 g/mol. The molecule has 0 saturated heterocycles. The molecular weight excluding hydrogens is 590 g/mol. The number of fused-ring (bicyclic) bond motifs is 7. The maximum atomic E-state index is 6.73. The number of nitrogens with zero attached hydrogens (tertiary/aromatic N) is 3. The van der Waals surface area contributed by atoms with Gasteiger partial charge < -0.3 is 8.83 Å². The van der Waals surface area contributed by atoms with Crippen molar-refractivity contribution < 1.29 is 8.83 Å². The normalized spacial score (nSPS) is 11.8. The van der Waals surface area contributed by atoms with Crippen molar-refractivity contribution in [2.24, 2.45) is 0 Å². The number of aromatic nitrogens is 3. The third-order valence-corrected chi connectivity index (χ3v) is 9.12. The standard InChI is InChI=1S/C43H25N3O2/c1-3-11-26(12-4-1)31-21-22-34(39-35-23-28-15-7-8-16-29(28)24-38(35)48-40(31)39)43-45-41(27-13-5-2-6-14-27)44-42(46-43)30-19-20-33-32-17-9-10-18-36(32)47-37(33)25-30/h1-25H. The molecule has 48 heavy (non-hydrogen) atoms. The van der Waals surface area contributed by atoms with E-state index in [1.807, 2.05) is 60.7 Å². The van der Waals surface area contributed by atoms with Gasteiger partial charge in [0.2, 0.25) is 0 Å². The van der Waals surface area contributed by atoms with Crippen molar-refractivity contribution in [1.29, 1.82) is 0 Å². The van der Waals surface area contributed by atoms with E-state index < -0.39 is 0 Å². The predicted octanol–water partition coefficient (Wildman–Crippen LogP) is 11.5. The maximum Gasteiger partial charge on any atom is 0.164 e. The Morgan fingerprint density at radius 1 is 0.354 bits per heavy atom. The minimum Gasteiger partial charge on any atom is -0.456 e. The van der Waals surface area contributed by atoms with Gasteiger partial charge in [-0.05, 0) is 58.8 Å². The highest BCUT2D eigenvalue weighted by atomic mass is 16.3. The van der Waals surface area contributed by atoms with Crippen LogP contribution in [0.2, 0.25) is 0 Å². The van der Waals surface area contributed by atoms with Gasteiger partial charge in [-0.2, -0.15) is 0 Å². The lowest BCUT2D eigenvalue weighted by atomic mass is 9.97. The highest BCUT2D eigenvalue weighted by Gasteiger charge is 2.21. The van der Waals surface area contributed by atoms with Crippen LogP contribution in [0.1, 0.15) is 0 Å². The lowest BCUT2D eigenvalue weighted by Crippen LogP contribution is -2.00. The minimum atomic E-state index is 0.569. The maximum absolute atomic E-state index is 6.73. The Kier molecular flexibility index (Phi) is 5.81. The zero-order chi connectivity index (χ0) is 31.6. The summed E-state index contributed by atoms with van der Waals surface area (Å²) in [6, 6.07) is 51.6. The highest BCUT2D eigenvalue weighted by Crippen LogP contribution is 2.43. The Hall–Kier alpha value is -6.59. The number of para-hydroxylation sites is 1.